The number of aliphatic hydroxyl groups excluding tert-OH is 1. The normalized spacial score (nSPS) is 23.1. The van der Waals surface area contributed by atoms with Gasteiger partial charge in [-0.1, -0.05) is 32.8 Å². The van der Waals surface area contributed by atoms with Crippen LogP contribution in [0.2, 0.25) is 0 Å². The van der Waals surface area contributed by atoms with Gasteiger partial charge in [-0.15, -0.1) is 0 Å². The largest absolute Gasteiger partial charge is 0.392 e. The van der Waals surface area contributed by atoms with Crippen LogP contribution in [0.1, 0.15) is 46.0 Å². The third-order valence-corrected chi connectivity index (χ3v) is 2.96. The summed E-state index contributed by atoms with van der Waals surface area (Å²) >= 11 is 0. The molecule has 1 aliphatic carbocycles. The van der Waals surface area contributed by atoms with E-state index >= 15 is 0 Å². The van der Waals surface area contributed by atoms with Crippen LogP contribution < -0.4 is 0 Å². The Labute approximate surface area is 75.5 Å². The van der Waals surface area contributed by atoms with Gasteiger partial charge in [-0.2, -0.15) is 0 Å². The molecule has 0 radical (unpaired) electrons. The van der Waals surface area contributed by atoms with Gasteiger partial charge in [0, 0.05) is 0 Å². The van der Waals surface area contributed by atoms with E-state index in [1.807, 2.05) is 0 Å². The van der Waals surface area contributed by atoms with Crippen molar-refractivity contribution in [3.63, 3.8) is 0 Å². The summed E-state index contributed by atoms with van der Waals surface area (Å²) in [6, 6.07) is 0. The molecule has 1 aliphatic rings. The minimum atomic E-state index is 0.242. The van der Waals surface area contributed by atoms with Crippen molar-refractivity contribution in [1.82, 2.24) is 0 Å². The second-order valence-electron chi connectivity index (χ2n) is 4.18. The van der Waals surface area contributed by atoms with E-state index in [4.69, 9.17) is 5.11 Å². The molecule has 1 saturated carbocycles. The highest BCUT2D eigenvalue weighted by Crippen LogP contribution is 2.39. The molecule has 1 nitrogen and oxygen atoms in total. The second kappa shape index (κ2) is 4.08. The van der Waals surface area contributed by atoms with Crippen molar-refractivity contribution in [3.8, 4) is 0 Å². The van der Waals surface area contributed by atoms with Crippen LogP contribution in [0.3, 0.4) is 0 Å². The van der Waals surface area contributed by atoms with Crippen LogP contribution >= 0.6 is 0 Å². The van der Waals surface area contributed by atoms with Gasteiger partial charge < -0.3 is 5.11 Å². The zero-order chi connectivity index (χ0) is 9.03. The maximum Gasteiger partial charge on any atom is 0.0641 e. The van der Waals surface area contributed by atoms with Crippen LogP contribution in [-0.4, -0.2) is 11.7 Å². The first kappa shape index (κ1) is 9.79. The predicted octanol–water partition coefficient (Wildman–Crippen LogP) is 2.90. The Hall–Kier alpha value is -0.300. The molecule has 12 heavy (non-hydrogen) atoms. The molecule has 0 atom stereocenters. The van der Waals surface area contributed by atoms with Gasteiger partial charge in [0.15, 0.2) is 0 Å². The number of aliphatic hydroxyl groups is 1. The van der Waals surface area contributed by atoms with Crippen LogP contribution in [0.15, 0.2) is 11.6 Å². The summed E-state index contributed by atoms with van der Waals surface area (Å²) in [6.07, 6.45) is 8.62. The number of hydrogen-bond donors (Lipinski definition) is 1. The molecular weight excluding hydrogens is 148 g/mol. The molecule has 0 heterocycles. The van der Waals surface area contributed by atoms with Gasteiger partial charge in [-0.25, -0.2) is 0 Å². The number of hydrogen-bond acceptors (Lipinski definition) is 1. The standard InChI is InChI=1S/C11H20O/c1-3-10(9-12)8-11(2)6-4-5-7-11/h8,12H,3-7,9H2,1-2H3/b10-8-. The van der Waals surface area contributed by atoms with Crippen molar-refractivity contribution in [3.05, 3.63) is 11.6 Å². The van der Waals surface area contributed by atoms with Gasteiger partial charge in [0.2, 0.25) is 0 Å². The lowest BCUT2D eigenvalue weighted by atomic mass is 9.86. The van der Waals surface area contributed by atoms with E-state index in [2.05, 4.69) is 19.9 Å². The molecule has 0 saturated heterocycles. The Bertz CT molecular complexity index is 158. The van der Waals surface area contributed by atoms with Gasteiger partial charge in [-0.3, -0.25) is 0 Å². The molecule has 0 aromatic carbocycles. The lowest BCUT2D eigenvalue weighted by molar-refractivity contribution is 0.322. The summed E-state index contributed by atoms with van der Waals surface area (Å²) in [7, 11) is 0. The zero-order valence-electron chi connectivity index (χ0n) is 8.27. The molecule has 0 aromatic heterocycles. The predicted molar refractivity (Wildman–Crippen MR) is 52.0 cm³/mol. The maximum absolute atomic E-state index is 9.03. The molecule has 70 valence electrons. The van der Waals surface area contributed by atoms with Crippen molar-refractivity contribution < 1.29 is 5.11 Å². The highest BCUT2D eigenvalue weighted by Gasteiger charge is 2.26. The van der Waals surface area contributed by atoms with Crippen molar-refractivity contribution in [1.29, 1.82) is 0 Å². The third-order valence-electron chi connectivity index (χ3n) is 2.96. The molecule has 0 unspecified atom stereocenters. The molecule has 0 aliphatic heterocycles. The molecule has 1 rings (SSSR count). The first-order chi connectivity index (χ1) is 5.70. The Balaban J connectivity index is 2.61. The monoisotopic (exact) mass is 168 g/mol. The van der Waals surface area contributed by atoms with Crippen molar-refractivity contribution in [2.45, 2.75) is 46.0 Å². The fourth-order valence-corrected chi connectivity index (χ4v) is 2.08. The first-order valence-electron chi connectivity index (χ1n) is 5.01. The van der Waals surface area contributed by atoms with E-state index in [0.29, 0.717) is 5.41 Å². The molecule has 1 N–H and O–H groups in total. The molecule has 0 bridgehead atoms. The maximum atomic E-state index is 9.03. The molecule has 1 heteroatoms. The number of allylic oxidation sites excluding steroid dienone is 1. The Kier molecular flexibility index (Phi) is 3.33. The van der Waals surface area contributed by atoms with Crippen molar-refractivity contribution in [2.75, 3.05) is 6.61 Å². The van der Waals surface area contributed by atoms with Gasteiger partial charge in [-0.05, 0) is 30.3 Å². The average molecular weight is 168 g/mol. The summed E-state index contributed by atoms with van der Waals surface area (Å²) in [6.45, 7) is 4.66. The van der Waals surface area contributed by atoms with E-state index < -0.39 is 0 Å². The fourth-order valence-electron chi connectivity index (χ4n) is 2.08. The van der Waals surface area contributed by atoms with E-state index in [-0.39, 0.29) is 6.61 Å². The molecule has 1 fully saturated rings. The molecule has 0 spiro atoms. The minimum Gasteiger partial charge on any atom is -0.392 e. The average Bonchev–Trinajstić information content (AvgIpc) is 2.48. The van der Waals surface area contributed by atoms with Gasteiger partial charge >= 0.3 is 0 Å². The van der Waals surface area contributed by atoms with Crippen LogP contribution in [0, 0.1) is 5.41 Å². The van der Waals surface area contributed by atoms with Crippen LogP contribution in [0.25, 0.3) is 0 Å². The summed E-state index contributed by atoms with van der Waals surface area (Å²) in [5, 5.41) is 9.03. The first-order valence-corrected chi connectivity index (χ1v) is 5.01. The lowest BCUT2D eigenvalue weighted by Gasteiger charge is -2.19. The minimum absolute atomic E-state index is 0.242. The van der Waals surface area contributed by atoms with E-state index in [0.717, 1.165) is 6.42 Å². The smallest absolute Gasteiger partial charge is 0.0641 e. The van der Waals surface area contributed by atoms with Gasteiger partial charge in [0.05, 0.1) is 6.61 Å². The van der Waals surface area contributed by atoms with Crippen molar-refractivity contribution in [2.24, 2.45) is 5.41 Å². The van der Waals surface area contributed by atoms with Crippen molar-refractivity contribution >= 4 is 0 Å². The van der Waals surface area contributed by atoms with E-state index in [1.54, 1.807) is 0 Å². The number of rotatable bonds is 3. The van der Waals surface area contributed by atoms with E-state index in [1.165, 1.54) is 31.3 Å². The van der Waals surface area contributed by atoms with Gasteiger partial charge in [0.1, 0.15) is 0 Å². The van der Waals surface area contributed by atoms with Crippen LogP contribution in [0.5, 0.6) is 0 Å². The second-order valence-corrected chi connectivity index (χ2v) is 4.18. The molecule has 0 aromatic rings. The van der Waals surface area contributed by atoms with Gasteiger partial charge in [0.25, 0.3) is 0 Å². The quantitative estimate of drug-likeness (QED) is 0.642. The zero-order valence-corrected chi connectivity index (χ0v) is 8.27. The fraction of sp³-hybridized carbons (Fsp3) is 0.818. The topological polar surface area (TPSA) is 20.2 Å². The van der Waals surface area contributed by atoms with Crippen LogP contribution in [0.4, 0.5) is 0 Å². The summed E-state index contributed by atoms with van der Waals surface area (Å²) in [4.78, 5) is 0. The summed E-state index contributed by atoms with van der Waals surface area (Å²) < 4.78 is 0. The summed E-state index contributed by atoms with van der Waals surface area (Å²) in [5.41, 5.74) is 1.60. The SMILES string of the molecule is CC/C(=C/C1(C)CCCC1)CO. The Morgan fingerprint density at radius 2 is 2.00 bits per heavy atom. The molecular formula is C11H20O. The Morgan fingerprint density at radius 1 is 1.42 bits per heavy atom. The lowest BCUT2D eigenvalue weighted by Crippen LogP contribution is -2.08. The highest BCUT2D eigenvalue weighted by molar-refractivity contribution is 5.09. The summed E-state index contributed by atoms with van der Waals surface area (Å²) in [5.74, 6) is 0. The Morgan fingerprint density at radius 3 is 2.42 bits per heavy atom. The van der Waals surface area contributed by atoms with Crippen LogP contribution in [-0.2, 0) is 0 Å². The highest BCUT2D eigenvalue weighted by atomic mass is 16.3. The third kappa shape index (κ3) is 2.34. The molecule has 0 amide bonds. The van der Waals surface area contributed by atoms with E-state index in [9.17, 15) is 0 Å².